The van der Waals surface area contributed by atoms with Crippen molar-refractivity contribution < 1.29 is 0 Å². The van der Waals surface area contributed by atoms with Crippen molar-refractivity contribution in [3.63, 3.8) is 0 Å². The van der Waals surface area contributed by atoms with E-state index in [1.807, 2.05) is 0 Å². The minimum absolute atomic E-state index is 0.749. The van der Waals surface area contributed by atoms with Gasteiger partial charge in [0.1, 0.15) is 0 Å². The van der Waals surface area contributed by atoms with Gasteiger partial charge in [0.15, 0.2) is 0 Å². The van der Waals surface area contributed by atoms with Crippen molar-refractivity contribution >= 4 is 0 Å². The van der Waals surface area contributed by atoms with E-state index in [4.69, 9.17) is 5.73 Å². The maximum Gasteiger partial charge on any atom is -0.00716 e. The van der Waals surface area contributed by atoms with Gasteiger partial charge < -0.3 is 5.73 Å². The monoisotopic (exact) mass is 139 g/mol. The molecule has 0 amide bonds. The maximum atomic E-state index is 5.48. The molecule has 1 nitrogen and oxygen atoms in total. The van der Waals surface area contributed by atoms with Gasteiger partial charge in [-0.05, 0) is 38.1 Å². The minimum Gasteiger partial charge on any atom is -0.330 e. The molecule has 1 aliphatic carbocycles. The van der Waals surface area contributed by atoms with E-state index in [-0.39, 0.29) is 0 Å². The van der Waals surface area contributed by atoms with Crippen LogP contribution in [0, 0.1) is 5.92 Å². The van der Waals surface area contributed by atoms with E-state index in [2.05, 4.69) is 6.58 Å². The Morgan fingerprint density at radius 2 is 2.30 bits per heavy atom. The molecule has 0 spiro atoms. The molecular formula is C9H17N. The molecule has 10 heavy (non-hydrogen) atoms. The van der Waals surface area contributed by atoms with Crippen LogP contribution in [0.25, 0.3) is 0 Å². The normalized spacial score (nSPS) is 26.9. The Morgan fingerprint density at radius 1 is 1.50 bits per heavy atom. The molecule has 1 rings (SSSR count). The first kappa shape index (κ1) is 7.80. The van der Waals surface area contributed by atoms with Crippen molar-refractivity contribution in [3.05, 3.63) is 12.2 Å². The summed E-state index contributed by atoms with van der Waals surface area (Å²) < 4.78 is 0. The maximum absolute atomic E-state index is 5.48. The lowest BCUT2D eigenvalue weighted by Crippen LogP contribution is -2.13. The third-order valence-corrected chi connectivity index (χ3v) is 2.39. The predicted molar refractivity (Wildman–Crippen MR) is 44.8 cm³/mol. The largest absolute Gasteiger partial charge is 0.330 e. The van der Waals surface area contributed by atoms with Crippen molar-refractivity contribution in [1.29, 1.82) is 0 Å². The van der Waals surface area contributed by atoms with Crippen LogP contribution in [0.1, 0.15) is 32.1 Å². The predicted octanol–water partition coefficient (Wildman–Crippen LogP) is 2.08. The molecule has 0 aromatic rings. The number of nitrogens with two attached hydrogens (primary N) is 1. The molecule has 0 aromatic heterocycles. The second kappa shape index (κ2) is 3.77. The molecule has 0 bridgehead atoms. The van der Waals surface area contributed by atoms with Crippen LogP contribution in [-0.2, 0) is 0 Å². The Morgan fingerprint density at radius 3 is 2.90 bits per heavy atom. The molecule has 0 aliphatic heterocycles. The summed E-state index contributed by atoms with van der Waals surface area (Å²) in [6.45, 7) is 4.88. The zero-order chi connectivity index (χ0) is 7.40. The van der Waals surface area contributed by atoms with E-state index < -0.39 is 0 Å². The number of hydrogen-bond donors (Lipinski definition) is 1. The van der Waals surface area contributed by atoms with Crippen LogP contribution in [0.15, 0.2) is 12.2 Å². The second-order valence-corrected chi connectivity index (χ2v) is 3.18. The highest BCUT2D eigenvalue weighted by Gasteiger charge is 2.15. The van der Waals surface area contributed by atoms with Crippen molar-refractivity contribution in [2.24, 2.45) is 11.7 Å². The highest BCUT2D eigenvalue weighted by atomic mass is 14.5. The Kier molecular flexibility index (Phi) is 2.94. The van der Waals surface area contributed by atoms with Gasteiger partial charge in [0.05, 0.1) is 0 Å². The van der Waals surface area contributed by atoms with Crippen LogP contribution in [0.3, 0.4) is 0 Å². The van der Waals surface area contributed by atoms with Gasteiger partial charge in [0.2, 0.25) is 0 Å². The molecule has 0 heterocycles. The number of rotatable bonds is 2. The topological polar surface area (TPSA) is 26.0 Å². The summed E-state index contributed by atoms with van der Waals surface area (Å²) in [6.07, 6.45) is 6.45. The number of allylic oxidation sites excluding steroid dienone is 1. The molecule has 1 unspecified atom stereocenters. The summed E-state index contributed by atoms with van der Waals surface area (Å²) in [4.78, 5) is 0. The smallest absolute Gasteiger partial charge is 0.00716 e. The summed E-state index contributed by atoms with van der Waals surface area (Å²) in [5, 5.41) is 0. The van der Waals surface area contributed by atoms with Crippen molar-refractivity contribution in [2.45, 2.75) is 32.1 Å². The average molecular weight is 139 g/mol. The van der Waals surface area contributed by atoms with E-state index in [9.17, 15) is 0 Å². The molecule has 1 fully saturated rings. The van der Waals surface area contributed by atoms with Gasteiger partial charge in [-0.3, -0.25) is 0 Å². The standard InChI is InChI=1S/C9H17N/c1-8-4-2-3-5-9(8)6-7-10/h9H,1-7,10H2. The van der Waals surface area contributed by atoms with Gasteiger partial charge >= 0.3 is 0 Å². The summed E-state index contributed by atoms with van der Waals surface area (Å²) in [5.74, 6) is 0.749. The van der Waals surface area contributed by atoms with Crippen LogP contribution < -0.4 is 5.73 Å². The summed E-state index contributed by atoms with van der Waals surface area (Å²) in [6, 6.07) is 0. The zero-order valence-corrected chi connectivity index (χ0v) is 6.60. The van der Waals surface area contributed by atoms with Gasteiger partial charge in [0.25, 0.3) is 0 Å². The van der Waals surface area contributed by atoms with Crippen molar-refractivity contribution in [1.82, 2.24) is 0 Å². The quantitative estimate of drug-likeness (QED) is 0.582. The molecule has 1 aliphatic rings. The Bertz CT molecular complexity index is 116. The van der Waals surface area contributed by atoms with Crippen LogP contribution in [0.5, 0.6) is 0 Å². The van der Waals surface area contributed by atoms with Crippen LogP contribution in [0.2, 0.25) is 0 Å². The lowest BCUT2D eigenvalue weighted by atomic mass is 9.83. The van der Waals surface area contributed by atoms with Gasteiger partial charge in [0, 0.05) is 0 Å². The van der Waals surface area contributed by atoms with Gasteiger partial charge in [-0.2, -0.15) is 0 Å². The summed E-state index contributed by atoms with van der Waals surface area (Å²) in [5.41, 5.74) is 6.92. The highest BCUT2D eigenvalue weighted by Crippen LogP contribution is 2.29. The van der Waals surface area contributed by atoms with Gasteiger partial charge in [-0.15, -0.1) is 0 Å². The van der Waals surface area contributed by atoms with E-state index in [0.717, 1.165) is 18.9 Å². The van der Waals surface area contributed by atoms with Crippen molar-refractivity contribution in [3.8, 4) is 0 Å². The lowest BCUT2D eigenvalue weighted by Gasteiger charge is -2.23. The summed E-state index contributed by atoms with van der Waals surface area (Å²) in [7, 11) is 0. The van der Waals surface area contributed by atoms with E-state index in [0.29, 0.717) is 0 Å². The fourth-order valence-electron chi connectivity index (χ4n) is 1.70. The molecule has 1 atom stereocenters. The fourth-order valence-corrected chi connectivity index (χ4v) is 1.70. The first-order valence-electron chi connectivity index (χ1n) is 4.22. The van der Waals surface area contributed by atoms with Crippen LogP contribution in [0.4, 0.5) is 0 Å². The Balaban J connectivity index is 2.32. The fraction of sp³-hybridized carbons (Fsp3) is 0.778. The molecule has 1 saturated carbocycles. The molecular weight excluding hydrogens is 122 g/mol. The van der Waals surface area contributed by atoms with Crippen molar-refractivity contribution in [2.75, 3.05) is 6.54 Å². The van der Waals surface area contributed by atoms with Crippen LogP contribution >= 0.6 is 0 Å². The van der Waals surface area contributed by atoms with Crippen LogP contribution in [-0.4, -0.2) is 6.54 Å². The zero-order valence-electron chi connectivity index (χ0n) is 6.60. The molecule has 0 radical (unpaired) electrons. The lowest BCUT2D eigenvalue weighted by molar-refractivity contribution is 0.435. The second-order valence-electron chi connectivity index (χ2n) is 3.18. The van der Waals surface area contributed by atoms with E-state index in [1.165, 1.54) is 31.3 Å². The molecule has 2 N–H and O–H groups in total. The highest BCUT2D eigenvalue weighted by molar-refractivity contribution is 5.03. The van der Waals surface area contributed by atoms with E-state index >= 15 is 0 Å². The third kappa shape index (κ3) is 1.84. The molecule has 58 valence electrons. The SMILES string of the molecule is C=C1CCCCC1CCN. The number of hydrogen-bond acceptors (Lipinski definition) is 1. The Labute approximate surface area is 63.3 Å². The average Bonchev–Trinajstić information content (AvgIpc) is 1.94. The first-order valence-corrected chi connectivity index (χ1v) is 4.22. The first-order chi connectivity index (χ1) is 4.84. The molecule has 1 heteroatoms. The third-order valence-electron chi connectivity index (χ3n) is 2.39. The Hall–Kier alpha value is -0.300. The van der Waals surface area contributed by atoms with Gasteiger partial charge in [-0.25, -0.2) is 0 Å². The molecule has 0 aromatic carbocycles. The summed E-state index contributed by atoms with van der Waals surface area (Å²) >= 11 is 0. The van der Waals surface area contributed by atoms with Gasteiger partial charge in [-0.1, -0.05) is 18.6 Å². The molecule has 0 saturated heterocycles. The minimum atomic E-state index is 0.749. The van der Waals surface area contributed by atoms with E-state index in [1.54, 1.807) is 0 Å².